The van der Waals surface area contributed by atoms with E-state index in [1.165, 1.54) is 16.8 Å². The highest BCUT2D eigenvalue weighted by atomic mass is 32.2. The van der Waals surface area contributed by atoms with Crippen molar-refractivity contribution < 1.29 is 14.7 Å². The first-order valence-electron chi connectivity index (χ1n) is 7.87. The minimum atomic E-state index is -1.08. The Bertz CT molecular complexity index is 688. The van der Waals surface area contributed by atoms with Crippen LogP contribution in [0.15, 0.2) is 41.7 Å². The van der Waals surface area contributed by atoms with Crippen molar-refractivity contribution in [3.8, 4) is 0 Å². The van der Waals surface area contributed by atoms with Gasteiger partial charge in [0.2, 0.25) is 0 Å². The zero-order valence-electron chi connectivity index (χ0n) is 14.2. The number of carbonyl (C=O) groups is 2. The van der Waals surface area contributed by atoms with E-state index in [0.29, 0.717) is 12.2 Å². The largest absolute Gasteiger partial charge is 0.480 e. The molecule has 0 spiro atoms. The third kappa shape index (κ3) is 6.15. The quantitative estimate of drug-likeness (QED) is 0.625. The highest BCUT2D eigenvalue weighted by molar-refractivity contribution is 7.99. The summed E-state index contributed by atoms with van der Waals surface area (Å²) in [6.45, 7) is 2.55. The van der Waals surface area contributed by atoms with Gasteiger partial charge in [-0.1, -0.05) is 17.7 Å². The van der Waals surface area contributed by atoms with Crippen LogP contribution in [0.2, 0.25) is 0 Å². The molecule has 1 aromatic carbocycles. The van der Waals surface area contributed by atoms with Gasteiger partial charge in [0.05, 0.1) is 6.33 Å². The maximum Gasteiger partial charge on any atom is 0.326 e. The van der Waals surface area contributed by atoms with Gasteiger partial charge in [0.25, 0.3) is 0 Å². The van der Waals surface area contributed by atoms with Crippen molar-refractivity contribution in [1.29, 1.82) is 0 Å². The molecule has 8 heteroatoms. The molecule has 7 nitrogen and oxygen atoms in total. The molecule has 0 aliphatic rings. The number of imidazole rings is 1. The average Bonchev–Trinajstić information content (AvgIpc) is 3.08. The summed E-state index contributed by atoms with van der Waals surface area (Å²) in [4.78, 5) is 32.8. The zero-order valence-corrected chi connectivity index (χ0v) is 15.0. The van der Waals surface area contributed by atoms with E-state index < -0.39 is 18.0 Å². The third-order valence-corrected chi connectivity index (χ3v) is 4.63. The van der Waals surface area contributed by atoms with Crippen molar-refractivity contribution in [3.05, 3.63) is 48.0 Å². The molecule has 0 saturated carbocycles. The van der Waals surface area contributed by atoms with E-state index in [-0.39, 0.29) is 6.42 Å². The van der Waals surface area contributed by atoms with Crippen LogP contribution in [0.5, 0.6) is 0 Å². The Balaban J connectivity index is 1.79. The predicted molar refractivity (Wildman–Crippen MR) is 96.8 cm³/mol. The van der Waals surface area contributed by atoms with Gasteiger partial charge < -0.3 is 20.3 Å². The van der Waals surface area contributed by atoms with Gasteiger partial charge in [-0.2, -0.15) is 0 Å². The third-order valence-electron chi connectivity index (χ3n) is 3.64. The van der Waals surface area contributed by atoms with Gasteiger partial charge in [0, 0.05) is 42.6 Å². The summed E-state index contributed by atoms with van der Waals surface area (Å²) in [5.41, 5.74) is 1.86. The van der Waals surface area contributed by atoms with Gasteiger partial charge >= 0.3 is 12.0 Å². The van der Waals surface area contributed by atoms with Crippen LogP contribution in [-0.4, -0.2) is 57.4 Å². The number of carbonyl (C=O) groups excluding carboxylic acids is 1. The molecule has 0 radical (unpaired) electrons. The molecule has 1 heterocycles. The fourth-order valence-corrected chi connectivity index (χ4v) is 3.04. The summed E-state index contributed by atoms with van der Waals surface area (Å²) in [5.74, 6) is -0.351. The molecule has 2 amide bonds. The molecule has 25 heavy (non-hydrogen) atoms. The molecule has 1 aromatic heterocycles. The summed E-state index contributed by atoms with van der Waals surface area (Å²) < 4.78 is 0. The first kappa shape index (κ1) is 18.9. The van der Waals surface area contributed by atoms with E-state index in [0.717, 1.165) is 10.6 Å². The number of nitrogens with zero attached hydrogens (tertiary/aromatic N) is 2. The molecule has 0 unspecified atom stereocenters. The van der Waals surface area contributed by atoms with Crippen LogP contribution in [0.4, 0.5) is 4.79 Å². The van der Waals surface area contributed by atoms with E-state index >= 15 is 0 Å². The first-order chi connectivity index (χ1) is 12.0. The number of aliphatic carboxylic acids is 1. The summed E-state index contributed by atoms with van der Waals surface area (Å²) in [7, 11) is 1.65. The van der Waals surface area contributed by atoms with E-state index in [2.05, 4.69) is 15.3 Å². The summed E-state index contributed by atoms with van der Waals surface area (Å²) in [5, 5.41) is 11.8. The Kier molecular flexibility index (Phi) is 6.88. The Hall–Kier alpha value is -2.48. The second-order valence-corrected chi connectivity index (χ2v) is 6.87. The standard InChI is InChI=1S/C17H22N4O3S/c1-12-3-5-14(6-4-12)25-8-7-21(2)17(24)20-15(16(22)23)9-13-10-18-11-19-13/h3-6,10-11,15H,7-9H2,1-2H3,(H,18,19)(H,20,24)(H,22,23)/t15-/m0/s1. The van der Waals surface area contributed by atoms with Gasteiger partial charge in [-0.25, -0.2) is 14.6 Å². The van der Waals surface area contributed by atoms with Crippen LogP contribution in [0.1, 0.15) is 11.3 Å². The normalized spacial score (nSPS) is 11.8. The lowest BCUT2D eigenvalue weighted by atomic mass is 10.1. The molecule has 3 N–H and O–H groups in total. The lowest BCUT2D eigenvalue weighted by Gasteiger charge is -2.21. The van der Waals surface area contributed by atoms with E-state index in [9.17, 15) is 14.7 Å². The Morgan fingerprint density at radius 3 is 2.68 bits per heavy atom. The van der Waals surface area contributed by atoms with Crippen molar-refractivity contribution in [2.45, 2.75) is 24.3 Å². The van der Waals surface area contributed by atoms with Crippen LogP contribution in [0, 0.1) is 6.92 Å². The summed E-state index contributed by atoms with van der Waals surface area (Å²) >= 11 is 1.65. The number of hydrogen-bond acceptors (Lipinski definition) is 4. The van der Waals surface area contributed by atoms with Crippen LogP contribution in [0.3, 0.4) is 0 Å². The minimum Gasteiger partial charge on any atom is -0.480 e. The molecule has 0 aliphatic carbocycles. The molecule has 134 valence electrons. The van der Waals surface area contributed by atoms with Crippen molar-refractivity contribution in [2.75, 3.05) is 19.3 Å². The molecular formula is C17H22N4O3S. The van der Waals surface area contributed by atoms with Crippen molar-refractivity contribution in [1.82, 2.24) is 20.2 Å². The number of aromatic amines is 1. The van der Waals surface area contributed by atoms with Crippen LogP contribution >= 0.6 is 11.8 Å². The number of thioether (sulfide) groups is 1. The van der Waals surface area contributed by atoms with Crippen LogP contribution in [0.25, 0.3) is 0 Å². The predicted octanol–water partition coefficient (Wildman–Crippen LogP) is 2.15. The number of aryl methyl sites for hydroxylation is 1. The monoisotopic (exact) mass is 362 g/mol. The molecule has 0 fully saturated rings. The Morgan fingerprint density at radius 2 is 2.08 bits per heavy atom. The van der Waals surface area contributed by atoms with Crippen molar-refractivity contribution in [2.24, 2.45) is 0 Å². The second kappa shape index (κ2) is 9.12. The van der Waals surface area contributed by atoms with Crippen molar-refractivity contribution in [3.63, 3.8) is 0 Å². The number of nitrogens with one attached hydrogen (secondary N) is 2. The number of amides is 2. The maximum absolute atomic E-state index is 12.2. The molecule has 0 aliphatic heterocycles. The Morgan fingerprint density at radius 1 is 1.36 bits per heavy atom. The Labute approximate surface area is 150 Å². The van der Waals surface area contributed by atoms with Crippen molar-refractivity contribution >= 4 is 23.8 Å². The summed E-state index contributed by atoms with van der Waals surface area (Å²) in [6, 6.07) is 6.78. The number of carboxylic acids is 1. The van der Waals surface area contributed by atoms with Gasteiger partial charge in [0.1, 0.15) is 6.04 Å². The zero-order chi connectivity index (χ0) is 18.2. The van der Waals surface area contributed by atoms with E-state index in [1.807, 2.05) is 31.2 Å². The first-order valence-corrected chi connectivity index (χ1v) is 8.85. The number of benzene rings is 1. The molecule has 1 atom stereocenters. The topological polar surface area (TPSA) is 98.3 Å². The number of carboxylic acid groups (broad SMARTS) is 1. The molecule has 0 bridgehead atoms. The smallest absolute Gasteiger partial charge is 0.326 e. The fourth-order valence-electron chi connectivity index (χ4n) is 2.11. The van der Waals surface area contributed by atoms with Gasteiger partial charge in [-0.05, 0) is 19.1 Å². The molecule has 2 aromatic rings. The fraction of sp³-hybridized carbons (Fsp3) is 0.353. The molecular weight excluding hydrogens is 340 g/mol. The maximum atomic E-state index is 12.2. The highest BCUT2D eigenvalue weighted by Gasteiger charge is 2.22. The number of hydrogen-bond donors (Lipinski definition) is 3. The van der Waals surface area contributed by atoms with E-state index in [4.69, 9.17) is 0 Å². The SMILES string of the molecule is Cc1ccc(SCCN(C)C(=O)N[C@@H](Cc2cnc[nH]2)C(=O)O)cc1. The van der Waals surface area contributed by atoms with Crippen LogP contribution < -0.4 is 5.32 Å². The molecule has 0 saturated heterocycles. The van der Waals surface area contributed by atoms with Gasteiger partial charge in [-0.3, -0.25) is 0 Å². The second-order valence-electron chi connectivity index (χ2n) is 5.70. The van der Waals surface area contributed by atoms with Crippen LogP contribution in [-0.2, 0) is 11.2 Å². The highest BCUT2D eigenvalue weighted by Crippen LogP contribution is 2.18. The van der Waals surface area contributed by atoms with Gasteiger partial charge in [-0.15, -0.1) is 11.8 Å². The number of urea groups is 1. The minimum absolute atomic E-state index is 0.160. The summed E-state index contributed by atoms with van der Waals surface area (Å²) in [6.07, 6.45) is 3.18. The average molecular weight is 362 g/mol. The lowest BCUT2D eigenvalue weighted by Crippen LogP contribution is -2.48. The lowest BCUT2D eigenvalue weighted by molar-refractivity contribution is -0.139. The number of H-pyrrole nitrogens is 1. The van der Waals surface area contributed by atoms with Gasteiger partial charge in [0.15, 0.2) is 0 Å². The van der Waals surface area contributed by atoms with E-state index in [1.54, 1.807) is 25.0 Å². The molecule has 2 rings (SSSR count). The number of aromatic nitrogens is 2. The number of rotatable bonds is 8.